The van der Waals surface area contributed by atoms with Gasteiger partial charge in [-0.3, -0.25) is 4.21 Å². The summed E-state index contributed by atoms with van der Waals surface area (Å²) in [5.41, 5.74) is 2.20. The summed E-state index contributed by atoms with van der Waals surface area (Å²) in [5.74, 6) is 0.504. The first-order valence-electron chi connectivity index (χ1n) is 6.72. The van der Waals surface area contributed by atoms with E-state index in [1.165, 1.54) is 5.56 Å². The third kappa shape index (κ3) is 5.43. The van der Waals surface area contributed by atoms with Gasteiger partial charge in [0.1, 0.15) is 0 Å². The molecular weight excluding hydrogens is 258 g/mol. The maximum atomic E-state index is 11.2. The molecule has 0 bridgehead atoms. The van der Waals surface area contributed by atoms with Gasteiger partial charge in [-0.2, -0.15) is 0 Å². The summed E-state index contributed by atoms with van der Waals surface area (Å²) in [4.78, 5) is 0. The van der Waals surface area contributed by atoms with Gasteiger partial charge in [-0.25, -0.2) is 0 Å². The molecule has 1 aromatic rings. The van der Waals surface area contributed by atoms with Crippen LogP contribution in [0.5, 0.6) is 0 Å². The van der Waals surface area contributed by atoms with Crippen molar-refractivity contribution < 1.29 is 9.32 Å². The number of benzene rings is 1. The van der Waals surface area contributed by atoms with Gasteiger partial charge in [0.15, 0.2) is 0 Å². The zero-order valence-corrected chi connectivity index (χ0v) is 13.0. The molecule has 19 heavy (non-hydrogen) atoms. The number of aliphatic hydroxyl groups excluding tert-OH is 1. The summed E-state index contributed by atoms with van der Waals surface area (Å²) in [6.07, 6.45) is 1.19. The second-order valence-corrected chi connectivity index (χ2v) is 7.11. The molecule has 2 N–H and O–H groups in total. The van der Waals surface area contributed by atoms with Gasteiger partial charge in [0.25, 0.3) is 0 Å². The molecule has 1 aromatic carbocycles. The van der Waals surface area contributed by atoms with Gasteiger partial charge in [0.2, 0.25) is 0 Å². The molecule has 0 spiro atoms. The maximum Gasteiger partial charge on any atom is 0.0914 e. The molecule has 3 nitrogen and oxygen atoms in total. The number of hydrogen-bond donors (Lipinski definition) is 2. The van der Waals surface area contributed by atoms with Crippen LogP contribution in [0.2, 0.25) is 0 Å². The lowest BCUT2D eigenvalue weighted by atomic mass is 10.00. The Kier molecular flexibility index (Phi) is 6.69. The zero-order valence-electron chi connectivity index (χ0n) is 12.2. The summed E-state index contributed by atoms with van der Waals surface area (Å²) in [5, 5.41) is 13.3. The van der Waals surface area contributed by atoms with Crippen LogP contribution < -0.4 is 5.32 Å². The Morgan fingerprint density at radius 3 is 2.11 bits per heavy atom. The Bertz CT molecular complexity index is 403. The van der Waals surface area contributed by atoms with Crippen LogP contribution in [0.4, 0.5) is 0 Å². The van der Waals surface area contributed by atoms with Crippen LogP contribution in [0.3, 0.4) is 0 Å². The van der Waals surface area contributed by atoms with Crippen LogP contribution in [0.25, 0.3) is 0 Å². The lowest BCUT2D eigenvalue weighted by molar-refractivity contribution is 0.175. The number of aliphatic hydroxyl groups is 1. The van der Waals surface area contributed by atoms with E-state index < -0.39 is 16.9 Å². The molecule has 0 saturated carbocycles. The minimum atomic E-state index is -0.822. The van der Waals surface area contributed by atoms with E-state index in [2.05, 4.69) is 31.3 Å². The fourth-order valence-corrected chi connectivity index (χ4v) is 2.11. The number of hydrogen-bond acceptors (Lipinski definition) is 3. The van der Waals surface area contributed by atoms with E-state index >= 15 is 0 Å². The van der Waals surface area contributed by atoms with Crippen molar-refractivity contribution in [2.45, 2.75) is 38.0 Å². The molecule has 0 amide bonds. The van der Waals surface area contributed by atoms with Crippen LogP contribution in [-0.4, -0.2) is 33.9 Å². The third-order valence-electron chi connectivity index (χ3n) is 3.32. The summed E-state index contributed by atoms with van der Waals surface area (Å²) >= 11 is 0. The van der Waals surface area contributed by atoms with Gasteiger partial charge in [-0.1, -0.05) is 38.1 Å². The van der Waals surface area contributed by atoms with Gasteiger partial charge in [-0.15, -0.1) is 0 Å². The molecule has 0 heterocycles. The topological polar surface area (TPSA) is 49.3 Å². The fraction of sp³-hybridized carbons (Fsp3) is 0.600. The van der Waals surface area contributed by atoms with E-state index in [4.69, 9.17) is 0 Å². The largest absolute Gasteiger partial charge is 0.387 e. The van der Waals surface area contributed by atoms with Crippen molar-refractivity contribution in [3.63, 3.8) is 0 Å². The van der Waals surface area contributed by atoms with Crippen molar-refractivity contribution in [1.29, 1.82) is 0 Å². The molecule has 0 radical (unpaired) electrons. The zero-order chi connectivity index (χ0) is 14.4. The lowest BCUT2D eigenvalue weighted by Gasteiger charge is -2.15. The first-order chi connectivity index (χ1) is 8.91. The molecule has 1 rings (SSSR count). The highest BCUT2D eigenvalue weighted by Crippen LogP contribution is 2.18. The van der Waals surface area contributed by atoms with Crippen LogP contribution in [0, 0.1) is 0 Å². The van der Waals surface area contributed by atoms with E-state index in [1.807, 2.05) is 19.1 Å². The molecule has 4 heteroatoms. The highest BCUT2D eigenvalue weighted by Gasteiger charge is 2.10. The average molecular weight is 283 g/mol. The van der Waals surface area contributed by atoms with Gasteiger partial charge in [0, 0.05) is 35.4 Å². The highest BCUT2D eigenvalue weighted by atomic mass is 32.2. The molecule has 0 aromatic heterocycles. The highest BCUT2D eigenvalue weighted by molar-refractivity contribution is 7.84. The van der Waals surface area contributed by atoms with Crippen LogP contribution in [-0.2, 0) is 10.8 Å². The van der Waals surface area contributed by atoms with E-state index in [9.17, 15) is 9.32 Å². The van der Waals surface area contributed by atoms with Crippen molar-refractivity contribution in [1.82, 2.24) is 5.32 Å². The Labute approximate surface area is 118 Å². The van der Waals surface area contributed by atoms with Gasteiger partial charge in [-0.05, 0) is 24.0 Å². The van der Waals surface area contributed by atoms with Crippen molar-refractivity contribution in [2.75, 3.05) is 19.3 Å². The second kappa shape index (κ2) is 7.78. The predicted molar refractivity (Wildman–Crippen MR) is 81.9 cm³/mol. The smallest absolute Gasteiger partial charge is 0.0914 e. The van der Waals surface area contributed by atoms with E-state index in [0.717, 1.165) is 5.56 Å². The molecular formula is C15H25NO2S. The molecule has 0 saturated heterocycles. The normalized spacial score (nSPS) is 16.3. The lowest BCUT2D eigenvalue weighted by Crippen LogP contribution is -2.30. The van der Waals surface area contributed by atoms with Crippen molar-refractivity contribution in [2.24, 2.45) is 0 Å². The van der Waals surface area contributed by atoms with E-state index in [0.29, 0.717) is 19.0 Å². The molecule has 0 aliphatic rings. The Morgan fingerprint density at radius 1 is 1.11 bits per heavy atom. The molecule has 0 aliphatic heterocycles. The number of nitrogens with one attached hydrogen (secondary N) is 1. The molecule has 0 fully saturated rings. The van der Waals surface area contributed by atoms with Crippen LogP contribution in [0.1, 0.15) is 43.9 Å². The molecule has 3 unspecified atom stereocenters. The van der Waals surface area contributed by atoms with E-state index in [-0.39, 0.29) is 5.25 Å². The van der Waals surface area contributed by atoms with Crippen molar-refractivity contribution in [3.05, 3.63) is 35.4 Å². The van der Waals surface area contributed by atoms with Gasteiger partial charge < -0.3 is 10.4 Å². The van der Waals surface area contributed by atoms with Gasteiger partial charge >= 0.3 is 0 Å². The minimum absolute atomic E-state index is 0.107. The summed E-state index contributed by atoms with van der Waals surface area (Å²) in [7, 11) is -0.822. The summed E-state index contributed by atoms with van der Waals surface area (Å²) in [6.45, 7) is 7.39. The summed E-state index contributed by atoms with van der Waals surface area (Å²) in [6, 6.07) is 8.08. The Morgan fingerprint density at radius 2 is 1.63 bits per heavy atom. The third-order valence-corrected chi connectivity index (χ3v) is 4.62. The first-order valence-corrected chi connectivity index (χ1v) is 8.34. The quantitative estimate of drug-likeness (QED) is 0.806. The maximum absolute atomic E-state index is 11.2. The van der Waals surface area contributed by atoms with Gasteiger partial charge in [0.05, 0.1) is 6.10 Å². The average Bonchev–Trinajstić information content (AvgIpc) is 2.38. The Hall–Kier alpha value is -0.710. The van der Waals surface area contributed by atoms with Crippen molar-refractivity contribution in [3.8, 4) is 0 Å². The van der Waals surface area contributed by atoms with Crippen molar-refractivity contribution >= 4 is 10.8 Å². The first kappa shape index (κ1) is 16.3. The number of rotatable bonds is 7. The predicted octanol–water partition coefficient (Wildman–Crippen LogP) is 2.20. The molecule has 108 valence electrons. The monoisotopic (exact) mass is 283 g/mol. The molecule has 3 atom stereocenters. The minimum Gasteiger partial charge on any atom is -0.387 e. The van der Waals surface area contributed by atoms with Crippen LogP contribution >= 0.6 is 0 Å². The second-order valence-electron chi connectivity index (χ2n) is 5.30. The SMILES string of the molecule is CC(C)c1ccc(C(O)CNCC(C)S(C)=O)cc1. The van der Waals surface area contributed by atoms with Crippen LogP contribution in [0.15, 0.2) is 24.3 Å². The fourth-order valence-electron chi connectivity index (χ4n) is 1.76. The molecule has 0 aliphatic carbocycles. The standard InChI is InChI=1S/C15H25NO2S/c1-11(2)13-5-7-14(8-6-13)15(17)10-16-9-12(3)19(4)18/h5-8,11-12,15-17H,9-10H2,1-4H3. The summed E-state index contributed by atoms with van der Waals surface area (Å²) < 4.78 is 11.2. The van der Waals surface area contributed by atoms with E-state index in [1.54, 1.807) is 6.26 Å². The Balaban J connectivity index is 2.45.